The van der Waals surface area contributed by atoms with E-state index in [4.69, 9.17) is 10.5 Å². The van der Waals surface area contributed by atoms with Crippen molar-refractivity contribution < 1.29 is 9.53 Å². The predicted molar refractivity (Wildman–Crippen MR) is 80.6 cm³/mol. The highest BCUT2D eigenvalue weighted by atomic mass is 79.9. The minimum Gasteiger partial charge on any atom is -0.496 e. The number of hydrogen-bond donors (Lipinski definition) is 1. The molecule has 94 valence electrons. The Morgan fingerprint density at radius 1 is 1.39 bits per heavy atom. The third-order valence-electron chi connectivity index (χ3n) is 2.41. The maximum absolute atomic E-state index is 12.5. The van der Waals surface area contributed by atoms with E-state index in [1.54, 1.807) is 24.3 Å². The first kappa shape index (κ1) is 13.6. The standard InChI is InChI=1S/C12H9Br2NO2S/c1-17-8-4-2-3-7(15)10(8)11(16)6-5-9(13)18-12(6)14/h2-5H,15H2,1H3. The van der Waals surface area contributed by atoms with E-state index in [9.17, 15) is 4.79 Å². The molecule has 2 rings (SSSR count). The summed E-state index contributed by atoms with van der Waals surface area (Å²) in [5.74, 6) is 0.327. The number of benzene rings is 1. The van der Waals surface area contributed by atoms with Crippen LogP contribution in [0.25, 0.3) is 0 Å². The zero-order chi connectivity index (χ0) is 13.3. The molecule has 0 saturated heterocycles. The molecule has 3 nitrogen and oxygen atoms in total. The molecule has 0 aliphatic rings. The van der Waals surface area contributed by atoms with E-state index < -0.39 is 0 Å². The number of anilines is 1. The van der Waals surface area contributed by atoms with Crippen LogP contribution in [0.4, 0.5) is 5.69 Å². The number of ether oxygens (including phenoxy) is 1. The number of methoxy groups -OCH3 is 1. The molecule has 0 saturated carbocycles. The first-order valence-electron chi connectivity index (χ1n) is 4.96. The van der Waals surface area contributed by atoms with Crippen molar-refractivity contribution in [3.05, 3.63) is 43.0 Å². The van der Waals surface area contributed by atoms with E-state index in [2.05, 4.69) is 31.9 Å². The van der Waals surface area contributed by atoms with Crippen LogP contribution in [0.3, 0.4) is 0 Å². The maximum Gasteiger partial charge on any atom is 0.200 e. The van der Waals surface area contributed by atoms with Gasteiger partial charge < -0.3 is 10.5 Å². The quantitative estimate of drug-likeness (QED) is 0.634. The second kappa shape index (κ2) is 5.42. The van der Waals surface area contributed by atoms with E-state index in [0.29, 0.717) is 22.6 Å². The zero-order valence-electron chi connectivity index (χ0n) is 9.37. The minimum absolute atomic E-state index is 0.154. The number of thiophene rings is 1. The summed E-state index contributed by atoms with van der Waals surface area (Å²) in [6.45, 7) is 0. The summed E-state index contributed by atoms with van der Waals surface area (Å²) < 4.78 is 6.84. The number of halogens is 2. The van der Waals surface area contributed by atoms with Gasteiger partial charge in [0.05, 0.1) is 20.2 Å². The molecule has 0 aliphatic heterocycles. The van der Waals surface area contributed by atoms with Crippen LogP contribution in [0.5, 0.6) is 5.75 Å². The molecule has 0 radical (unpaired) electrons. The van der Waals surface area contributed by atoms with Gasteiger partial charge in [0.25, 0.3) is 0 Å². The summed E-state index contributed by atoms with van der Waals surface area (Å²) in [5.41, 5.74) is 7.25. The summed E-state index contributed by atoms with van der Waals surface area (Å²) >= 11 is 8.17. The molecule has 0 spiro atoms. The van der Waals surface area contributed by atoms with Crippen molar-refractivity contribution >= 4 is 54.7 Å². The Balaban J connectivity index is 2.56. The predicted octanol–water partition coefficient (Wildman–Crippen LogP) is 4.09. The third kappa shape index (κ3) is 2.46. The molecule has 2 N–H and O–H groups in total. The lowest BCUT2D eigenvalue weighted by Crippen LogP contribution is -2.07. The van der Waals surface area contributed by atoms with Crippen molar-refractivity contribution in [2.45, 2.75) is 0 Å². The highest BCUT2D eigenvalue weighted by molar-refractivity contribution is 9.12. The lowest BCUT2D eigenvalue weighted by atomic mass is 10.0. The largest absolute Gasteiger partial charge is 0.496 e. The van der Waals surface area contributed by atoms with Crippen molar-refractivity contribution in [3.8, 4) is 5.75 Å². The summed E-state index contributed by atoms with van der Waals surface area (Å²) in [7, 11) is 1.52. The molecular formula is C12H9Br2NO2S. The van der Waals surface area contributed by atoms with Crippen molar-refractivity contribution in [1.29, 1.82) is 0 Å². The van der Waals surface area contributed by atoms with Crippen molar-refractivity contribution in [2.24, 2.45) is 0 Å². The molecule has 0 atom stereocenters. The van der Waals surface area contributed by atoms with Crippen molar-refractivity contribution in [3.63, 3.8) is 0 Å². The first-order chi connectivity index (χ1) is 8.54. The highest BCUT2D eigenvalue weighted by Gasteiger charge is 2.21. The third-order valence-corrected chi connectivity index (χ3v) is 4.75. The molecule has 0 aliphatic carbocycles. The van der Waals surface area contributed by atoms with E-state index in [-0.39, 0.29) is 5.78 Å². The monoisotopic (exact) mass is 389 g/mol. The van der Waals surface area contributed by atoms with Crippen LogP contribution in [0.15, 0.2) is 31.8 Å². The number of nitrogen functional groups attached to an aromatic ring is 1. The Morgan fingerprint density at radius 2 is 2.11 bits per heavy atom. The SMILES string of the molecule is COc1cccc(N)c1C(=O)c1cc(Br)sc1Br. The van der Waals surface area contributed by atoms with Gasteiger partial charge in [-0.2, -0.15) is 0 Å². The molecule has 6 heteroatoms. The Labute approximate surface area is 125 Å². The second-order valence-corrected chi connectivity index (χ2v) is 7.24. The number of nitrogens with two attached hydrogens (primary N) is 1. The van der Waals surface area contributed by atoms with E-state index in [1.807, 2.05) is 0 Å². The summed E-state index contributed by atoms with van der Waals surface area (Å²) in [6, 6.07) is 6.93. The Bertz CT molecular complexity index is 610. The van der Waals surface area contributed by atoms with Gasteiger partial charge in [0.2, 0.25) is 5.78 Å². The fourth-order valence-corrected chi connectivity index (χ4v) is 4.38. The van der Waals surface area contributed by atoms with Crippen LogP contribution in [0.2, 0.25) is 0 Å². The molecule has 2 aromatic rings. The smallest absolute Gasteiger partial charge is 0.200 e. The highest BCUT2D eigenvalue weighted by Crippen LogP contribution is 2.36. The Kier molecular flexibility index (Phi) is 4.09. The van der Waals surface area contributed by atoms with Gasteiger partial charge in [0.15, 0.2) is 0 Å². The van der Waals surface area contributed by atoms with Gasteiger partial charge in [0, 0.05) is 11.3 Å². The van der Waals surface area contributed by atoms with Crippen LogP contribution < -0.4 is 10.5 Å². The number of rotatable bonds is 3. The normalized spacial score (nSPS) is 10.4. The van der Waals surface area contributed by atoms with Gasteiger partial charge >= 0.3 is 0 Å². The molecule has 0 unspecified atom stereocenters. The number of hydrogen-bond acceptors (Lipinski definition) is 4. The fraction of sp³-hybridized carbons (Fsp3) is 0.0833. The zero-order valence-corrected chi connectivity index (χ0v) is 13.4. The molecule has 18 heavy (non-hydrogen) atoms. The van der Waals surface area contributed by atoms with Crippen molar-refractivity contribution in [1.82, 2.24) is 0 Å². The second-order valence-electron chi connectivity index (χ2n) is 3.49. The molecule has 0 amide bonds. The molecule has 1 heterocycles. The van der Waals surface area contributed by atoms with Crippen LogP contribution in [0, 0.1) is 0 Å². The van der Waals surface area contributed by atoms with E-state index >= 15 is 0 Å². The summed E-state index contributed by atoms with van der Waals surface area (Å²) in [4.78, 5) is 12.5. The van der Waals surface area contributed by atoms with Gasteiger partial charge in [-0.1, -0.05) is 6.07 Å². The minimum atomic E-state index is -0.154. The van der Waals surface area contributed by atoms with Gasteiger partial charge in [0.1, 0.15) is 5.75 Å². The van der Waals surface area contributed by atoms with Gasteiger partial charge in [-0.15, -0.1) is 11.3 Å². The Morgan fingerprint density at radius 3 is 2.67 bits per heavy atom. The van der Waals surface area contributed by atoms with Crippen LogP contribution >= 0.6 is 43.2 Å². The Hall–Kier alpha value is -0.850. The molecule has 0 fully saturated rings. The lowest BCUT2D eigenvalue weighted by molar-refractivity contribution is 0.103. The van der Waals surface area contributed by atoms with Gasteiger partial charge in [-0.3, -0.25) is 4.79 Å². The van der Waals surface area contributed by atoms with E-state index in [1.165, 1.54) is 18.4 Å². The molecule has 1 aromatic heterocycles. The number of ketones is 1. The topological polar surface area (TPSA) is 52.3 Å². The first-order valence-corrected chi connectivity index (χ1v) is 7.37. The number of carbonyl (C=O) groups excluding carboxylic acids is 1. The maximum atomic E-state index is 12.5. The molecule has 1 aromatic carbocycles. The average molecular weight is 391 g/mol. The average Bonchev–Trinajstić information content (AvgIpc) is 2.67. The van der Waals surface area contributed by atoms with Crippen LogP contribution in [-0.4, -0.2) is 12.9 Å². The molecular weight excluding hydrogens is 382 g/mol. The van der Waals surface area contributed by atoms with Crippen molar-refractivity contribution in [2.75, 3.05) is 12.8 Å². The summed E-state index contributed by atoms with van der Waals surface area (Å²) in [5, 5.41) is 0. The molecule has 0 bridgehead atoms. The number of carbonyl (C=O) groups is 1. The lowest BCUT2D eigenvalue weighted by Gasteiger charge is -2.09. The summed E-state index contributed by atoms with van der Waals surface area (Å²) in [6.07, 6.45) is 0. The van der Waals surface area contributed by atoms with Gasteiger partial charge in [-0.05, 0) is 50.1 Å². The fourth-order valence-electron chi connectivity index (χ4n) is 1.59. The van der Waals surface area contributed by atoms with Gasteiger partial charge in [-0.25, -0.2) is 0 Å². The van der Waals surface area contributed by atoms with E-state index in [0.717, 1.165) is 7.57 Å². The van der Waals surface area contributed by atoms with Crippen LogP contribution in [-0.2, 0) is 0 Å². The van der Waals surface area contributed by atoms with Crippen LogP contribution in [0.1, 0.15) is 15.9 Å².